The van der Waals surface area contributed by atoms with Gasteiger partial charge in [-0.3, -0.25) is 15.0 Å². The molecule has 6 heterocycles. The van der Waals surface area contributed by atoms with Gasteiger partial charge >= 0.3 is 0 Å². The topological polar surface area (TPSA) is 104 Å². The van der Waals surface area contributed by atoms with E-state index in [1.807, 2.05) is 77.6 Å². The van der Waals surface area contributed by atoms with Crippen molar-refractivity contribution in [3.63, 3.8) is 0 Å². The Hall–Kier alpha value is -4.81. The molecule has 0 N–H and O–H groups in total. The minimum absolute atomic E-state index is 0. The van der Waals surface area contributed by atoms with E-state index in [1.165, 1.54) is 23.7 Å². The smallest absolute Gasteiger partial charge is 0.146 e. The first kappa shape index (κ1) is 53.2. The van der Waals surface area contributed by atoms with Gasteiger partial charge in [0.05, 0.1) is 22.0 Å². The number of aryl methyl sites for hydroxylation is 4. The van der Waals surface area contributed by atoms with Gasteiger partial charge in [0.15, 0.2) is 0 Å². The quantitative estimate of drug-likeness (QED) is 0.166. The lowest BCUT2D eigenvalue weighted by Crippen LogP contribution is -2.22. The molecule has 5 aromatic heterocycles. The van der Waals surface area contributed by atoms with Crippen molar-refractivity contribution in [2.45, 2.75) is 147 Å². The Bertz CT molecular complexity index is 1930. The highest BCUT2D eigenvalue weighted by Crippen LogP contribution is 2.27. The lowest BCUT2D eigenvalue weighted by Gasteiger charge is -2.19. The average Bonchev–Trinajstić information content (AvgIpc) is 3.61. The zero-order valence-electron chi connectivity index (χ0n) is 38.3. The van der Waals surface area contributed by atoms with Crippen molar-refractivity contribution in [2.75, 3.05) is 18.0 Å². The number of hydrogen-bond donors (Lipinski definition) is 0. The molecule has 6 rings (SSSR count). The second-order valence-corrected chi connectivity index (χ2v) is 17.4. The summed E-state index contributed by atoms with van der Waals surface area (Å²) in [5, 5.41) is 9.94. The molecule has 1 aliphatic rings. The number of hydrogen-bond acceptors (Lipinski definition) is 8. The van der Waals surface area contributed by atoms with Gasteiger partial charge in [-0.1, -0.05) is 101 Å². The Balaban J connectivity index is 0.000000380. The van der Waals surface area contributed by atoms with Gasteiger partial charge in [-0.15, -0.1) is 0 Å². The highest BCUT2D eigenvalue weighted by atomic mass is 35.5. The maximum absolute atomic E-state index is 13.0. The molecule has 1 fully saturated rings. The summed E-state index contributed by atoms with van der Waals surface area (Å²) in [6.07, 6.45) is 10.3. The molecule has 1 saturated heterocycles. The van der Waals surface area contributed by atoms with Crippen LogP contribution in [-0.4, -0.2) is 43.0 Å². The molecule has 1 unspecified atom stereocenters. The molecule has 0 amide bonds. The predicted molar refractivity (Wildman–Crippen MR) is 251 cm³/mol. The Kier molecular flexibility index (Phi) is 23.4. The van der Waals surface area contributed by atoms with Crippen LogP contribution in [0.2, 0.25) is 5.02 Å². The van der Waals surface area contributed by atoms with E-state index in [2.05, 4.69) is 122 Å². The fourth-order valence-electron chi connectivity index (χ4n) is 5.70. The summed E-state index contributed by atoms with van der Waals surface area (Å²) in [4.78, 5) is 27.8. The number of aromatic nitrogens is 6. The average molecular weight is 840 g/mol. The normalized spacial score (nSPS) is 12.9. The summed E-state index contributed by atoms with van der Waals surface area (Å²) >= 11 is 5.96. The standard InChI is InChI=1S/C14H19N3.C9H12ClN.C9H12FN.C9H13N.C8H12N2.CH4/c1-10(2)13-5-4-12(8-15)14(16-13)17-7-6-11(3)9-17;2*1-6(2)9-8(10)4-7(3)5-11-9;1-7(2)9-5-4-8(3)6-10-9;1-6(2)8-9-4-7(3)5-10-8;/h4-5,10-11H,6-7,9H2,1-3H3;2*4-6H,1-3H3;4-7H,1-3H3;4-6H,1-3H3;1H4. The molecule has 8 nitrogen and oxygen atoms in total. The number of nitriles is 1. The molecule has 0 spiro atoms. The van der Waals surface area contributed by atoms with Crippen LogP contribution in [0.3, 0.4) is 0 Å². The molecule has 0 radical (unpaired) electrons. The van der Waals surface area contributed by atoms with E-state index < -0.39 is 0 Å². The molecule has 0 saturated carbocycles. The van der Waals surface area contributed by atoms with Crippen LogP contribution in [-0.2, 0) is 0 Å². The van der Waals surface area contributed by atoms with Crippen molar-refractivity contribution >= 4 is 17.4 Å². The van der Waals surface area contributed by atoms with Gasteiger partial charge in [-0.2, -0.15) is 5.26 Å². The van der Waals surface area contributed by atoms with Crippen LogP contribution >= 0.6 is 11.6 Å². The molecule has 1 atom stereocenters. The minimum Gasteiger partial charge on any atom is -0.355 e. The zero-order valence-corrected chi connectivity index (χ0v) is 39.0. The Morgan fingerprint density at radius 3 is 1.60 bits per heavy atom. The number of anilines is 1. The summed E-state index contributed by atoms with van der Waals surface area (Å²) < 4.78 is 13.0. The molecule has 5 aromatic rings. The first-order chi connectivity index (χ1) is 27.7. The van der Waals surface area contributed by atoms with Crippen molar-refractivity contribution in [2.24, 2.45) is 5.92 Å². The SMILES string of the molecule is C.CC1CCN(c2nc(C(C)C)ccc2C#N)C1.Cc1ccc(C(C)C)nc1.Cc1cnc(C(C)C)c(Cl)c1.Cc1cnc(C(C)C)c(F)c1.Cc1cnc(C(C)C)nc1. The Morgan fingerprint density at radius 2 is 1.17 bits per heavy atom. The summed E-state index contributed by atoms with van der Waals surface area (Å²) in [6.45, 7) is 32.9. The van der Waals surface area contributed by atoms with Crippen LogP contribution in [0.1, 0.15) is 176 Å². The summed E-state index contributed by atoms with van der Waals surface area (Å²) in [6, 6.07) is 13.8. The Labute approximate surface area is 367 Å². The third kappa shape index (κ3) is 18.2. The highest BCUT2D eigenvalue weighted by Gasteiger charge is 2.23. The number of halogens is 2. The van der Waals surface area contributed by atoms with Gasteiger partial charge in [0.2, 0.25) is 0 Å². The summed E-state index contributed by atoms with van der Waals surface area (Å²) in [5.41, 5.74) is 8.79. The first-order valence-electron chi connectivity index (χ1n) is 20.8. The van der Waals surface area contributed by atoms with Crippen LogP contribution in [0.15, 0.2) is 67.4 Å². The van der Waals surface area contributed by atoms with Crippen LogP contribution < -0.4 is 4.90 Å². The van der Waals surface area contributed by atoms with Gasteiger partial charge in [-0.05, 0) is 116 Å². The third-order valence-electron chi connectivity index (χ3n) is 9.28. The van der Waals surface area contributed by atoms with E-state index in [0.717, 1.165) is 57.8 Å². The van der Waals surface area contributed by atoms with Crippen molar-refractivity contribution in [3.8, 4) is 6.07 Å². The number of pyridine rings is 4. The molecule has 1 aliphatic heterocycles. The second-order valence-electron chi connectivity index (χ2n) is 17.0. The second kappa shape index (κ2) is 26.4. The largest absolute Gasteiger partial charge is 0.355 e. The first-order valence-corrected chi connectivity index (χ1v) is 21.2. The van der Waals surface area contributed by atoms with E-state index in [1.54, 1.807) is 6.20 Å². The fraction of sp³-hybridized carbons (Fsp3) is 0.500. The number of rotatable bonds is 6. The van der Waals surface area contributed by atoms with Gasteiger partial charge in [0, 0.05) is 61.4 Å². The zero-order chi connectivity index (χ0) is 44.4. The molecule has 326 valence electrons. The van der Waals surface area contributed by atoms with Crippen molar-refractivity contribution in [1.82, 2.24) is 29.9 Å². The van der Waals surface area contributed by atoms with Crippen LogP contribution in [0, 0.1) is 50.8 Å². The number of nitrogens with zero attached hydrogens (tertiary/aromatic N) is 8. The van der Waals surface area contributed by atoms with Gasteiger partial charge in [0.25, 0.3) is 0 Å². The van der Waals surface area contributed by atoms with Gasteiger partial charge in [0.1, 0.15) is 23.5 Å². The van der Waals surface area contributed by atoms with E-state index in [-0.39, 0.29) is 19.2 Å². The molecule has 0 bridgehead atoms. The molecular formula is C50H72ClFN8. The van der Waals surface area contributed by atoms with Crippen molar-refractivity contribution in [1.29, 1.82) is 5.26 Å². The maximum atomic E-state index is 13.0. The monoisotopic (exact) mass is 839 g/mol. The van der Waals surface area contributed by atoms with Crippen molar-refractivity contribution < 1.29 is 4.39 Å². The Morgan fingerprint density at radius 1 is 0.650 bits per heavy atom. The summed E-state index contributed by atoms with van der Waals surface area (Å²) in [5.74, 6) is 4.25. The van der Waals surface area contributed by atoms with Gasteiger partial charge in [-0.25, -0.2) is 19.3 Å². The van der Waals surface area contributed by atoms with E-state index in [4.69, 9.17) is 16.9 Å². The molecule has 10 heteroatoms. The van der Waals surface area contributed by atoms with E-state index in [0.29, 0.717) is 40.8 Å². The maximum Gasteiger partial charge on any atom is 0.146 e. The fourth-order valence-corrected chi connectivity index (χ4v) is 6.14. The predicted octanol–water partition coefficient (Wildman–Crippen LogP) is 13.8. The lowest BCUT2D eigenvalue weighted by molar-refractivity contribution is 0.583. The summed E-state index contributed by atoms with van der Waals surface area (Å²) in [7, 11) is 0. The van der Waals surface area contributed by atoms with Gasteiger partial charge < -0.3 is 4.90 Å². The van der Waals surface area contributed by atoms with Crippen molar-refractivity contribution in [3.05, 3.63) is 135 Å². The van der Waals surface area contributed by atoms with E-state index in [9.17, 15) is 4.39 Å². The highest BCUT2D eigenvalue weighted by molar-refractivity contribution is 6.31. The third-order valence-corrected chi connectivity index (χ3v) is 9.58. The van der Waals surface area contributed by atoms with Crippen LogP contribution in [0.4, 0.5) is 10.2 Å². The molecule has 60 heavy (non-hydrogen) atoms. The minimum atomic E-state index is -0.194. The van der Waals surface area contributed by atoms with E-state index >= 15 is 0 Å². The molecular weight excluding hydrogens is 767 g/mol. The lowest BCUT2D eigenvalue weighted by atomic mass is 10.1. The van der Waals surface area contributed by atoms with Crippen LogP contribution in [0.25, 0.3) is 0 Å². The molecule has 0 aliphatic carbocycles. The molecule has 0 aromatic carbocycles. The van der Waals surface area contributed by atoms with Crippen LogP contribution in [0.5, 0.6) is 0 Å².